The van der Waals surface area contributed by atoms with Gasteiger partial charge in [0.15, 0.2) is 0 Å². The molecule has 0 aromatic heterocycles. The Bertz CT molecular complexity index is 466. The summed E-state index contributed by atoms with van der Waals surface area (Å²) in [7, 11) is 0. The third kappa shape index (κ3) is 2.59. The van der Waals surface area contributed by atoms with Crippen LogP contribution >= 0.6 is 0 Å². The molecule has 3 nitrogen and oxygen atoms in total. The Kier molecular flexibility index (Phi) is 4.19. The fraction of sp³-hybridized carbons (Fsp3) is 0.588. The second-order valence-electron chi connectivity index (χ2n) is 6.63. The number of aliphatic hydroxyl groups is 1. The molecule has 1 fully saturated rings. The van der Waals surface area contributed by atoms with Gasteiger partial charge in [0.25, 0.3) is 0 Å². The van der Waals surface area contributed by atoms with Crippen LogP contribution in [0.3, 0.4) is 0 Å². The molecule has 3 heteroatoms. The van der Waals surface area contributed by atoms with E-state index in [-0.39, 0.29) is 29.3 Å². The predicted octanol–water partition coefficient (Wildman–Crippen LogP) is 3.16. The minimum Gasteiger partial charge on any atom is -0.461 e. The van der Waals surface area contributed by atoms with Gasteiger partial charge in [-0.05, 0) is 29.2 Å². The maximum atomic E-state index is 12.3. The van der Waals surface area contributed by atoms with Gasteiger partial charge in [0.2, 0.25) is 0 Å². The molecule has 1 N–H and O–H groups in total. The topological polar surface area (TPSA) is 46.5 Å². The molecule has 1 aliphatic carbocycles. The van der Waals surface area contributed by atoms with Crippen LogP contribution in [0.15, 0.2) is 30.3 Å². The summed E-state index contributed by atoms with van der Waals surface area (Å²) in [5.41, 5.74) is 0.556. The van der Waals surface area contributed by atoms with Crippen LogP contribution in [-0.2, 0) is 16.1 Å². The molecule has 0 amide bonds. The maximum Gasteiger partial charge on any atom is 0.309 e. The van der Waals surface area contributed by atoms with Gasteiger partial charge >= 0.3 is 5.97 Å². The van der Waals surface area contributed by atoms with Crippen molar-refractivity contribution >= 4 is 5.97 Å². The zero-order chi connectivity index (χ0) is 14.8. The van der Waals surface area contributed by atoms with Crippen LogP contribution in [0.5, 0.6) is 0 Å². The highest BCUT2D eigenvalue weighted by Gasteiger charge is 2.54. The number of carbonyl (C=O) groups is 1. The Balaban J connectivity index is 2.00. The van der Waals surface area contributed by atoms with Gasteiger partial charge in [-0.1, -0.05) is 51.1 Å². The molecule has 0 saturated heterocycles. The van der Waals surface area contributed by atoms with Crippen molar-refractivity contribution in [3.05, 3.63) is 35.9 Å². The van der Waals surface area contributed by atoms with E-state index in [0.29, 0.717) is 6.61 Å². The lowest BCUT2D eigenvalue weighted by atomic mass is 9.66. The molecule has 1 saturated carbocycles. The van der Waals surface area contributed by atoms with Crippen molar-refractivity contribution in [2.45, 2.75) is 40.2 Å². The van der Waals surface area contributed by atoms with E-state index in [4.69, 9.17) is 4.74 Å². The lowest BCUT2D eigenvalue weighted by Gasteiger charge is -2.39. The summed E-state index contributed by atoms with van der Waals surface area (Å²) in [5.74, 6) is -0.278. The van der Waals surface area contributed by atoms with Crippen molar-refractivity contribution in [3.63, 3.8) is 0 Å². The van der Waals surface area contributed by atoms with Gasteiger partial charge in [-0.2, -0.15) is 0 Å². The van der Waals surface area contributed by atoms with Crippen molar-refractivity contribution in [3.8, 4) is 0 Å². The monoisotopic (exact) mass is 276 g/mol. The van der Waals surface area contributed by atoms with E-state index in [9.17, 15) is 9.90 Å². The van der Waals surface area contributed by atoms with E-state index in [0.717, 1.165) is 18.4 Å². The first kappa shape index (κ1) is 15.0. The number of hydrogen-bond acceptors (Lipinski definition) is 3. The smallest absolute Gasteiger partial charge is 0.309 e. The molecular weight excluding hydrogens is 252 g/mol. The Labute approximate surface area is 121 Å². The second-order valence-corrected chi connectivity index (χ2v) is 6.63. The molecule has 0 bridgehead atoms. The molecule has 0 aliphatic heterocycles. The molecule has 0 radical (unpaired) electrons. The van der Waals surface area contributed by atoms with Gasteiger partial charge < -0.3 is 9.84 Å². The number of ether oxygens (including phenoxy) is 1. The van der Waals surface area contributed by atoms with Gasteiger partial charge in [0.05, 0.1) is 5.92 Å². The summed E-state index contributed by atoms with van der Waals surface area (Å²) in [6.45, 7) is 6.61. The SMILES string of the molecule is CC1(C)[C@@H](C(=O)OCc2ccccc2)CC[C@@]1(C)CO. The maximum absolute atomic E-state index is 12.3. The highest BCUT2D eigenvalue weighted by Crippen LogP contribution is 2.55. The van der Waals surface area contributed by atoms with E-state index < -0.39 is 0 Å². The van der Waals surface area contributed by atoms with E-state index in [2.05, 4.69) is 20.8 Å². The molecule has 0 unspecified atom stereocenters. The zero-order valence-corrected chi connectivity index (χ0v) is 12.6. The molecule has 1 aliphatic rings. The van der Waals surface area contributed by atoms with Crippen molar-refractivity contribution in [2.75, 3.05) is 6.61 Å². The molecule has 1 aromatic rings. The largest absolute Gasteiger partial charge is 0.461 e. The summed E-state index contributed by atoms with van der Waals surface area (Å²) in [4.78, 5) is 12.3. The molecule has 1 aromatic carbocycles. The van der Waals surface area contributed by atoms with Crippen LogP contribution in [0, 0.1) is 16.7 Å². The number of carbonyl (C=O) groups excluding carboxylic acids is 1. The normalized spacial score (nSPS) is 28.3. The number of aliphatic hydroxyl groups excluding tert-OH is 1. The minimum absolute atomic E-state index is 0.114. The highest BCUT2D eigenvalue weighted by atomic mass is 16.5. The fourth-order valence-corrected chi connectivity index (χ4v) is 3.09. The van der Waals surface area contributed by atoms with E-state index >= 15 is 0 Å². The number of hydrogen-bond donors (Lipinski definition) is 1. The highest BCUT2D eigenvalue weighted by molar-refractivity contribution is 5.74. The Morgan fingerprint density at radius 1 is 1.30 bits per heavy atom. The third-order valence-electron chi connectivity index (χ3n) is 5.27. The molecule has 0 heterocycles. The minimum atomic E-state index is -0.241. The molecule has 0 spiro atoms. The van der Waals surface area contributed by atoms with Crippen LogP contribution < -0.4 is 0 Å². The van der Waals surface area contributed by atoms with Gasteiger partial charge in [0.1, 0.15) is 6.61 Å². The summed E-state index contributed by atoms with van der Waals surface area (Å²) in [6.07, 6.45) is 1.65. The van der Waals surface area contributed by atoms with Gasteiger partial charge in [-0.25, -0.2) is 0 Å². The van der Waals surface area contributed by atoms with Crippen molar-refractivity contribution < 1.29 is 14.6 Å². The molecule has 2 rings (SSSR count). The lowest BCUT2D eigenvalue weighted by Crippen LogP contribution is -2.40. The molecule has 110 valence electrons. The number of esters is 1. The van der Waals surface area contributed by atoms with Crippen LogP contribution in [0.1, 0.15) is 39.2 Å². The first-order valence-electron chi connectivity index (χ1n) is 7.22. The first-order chi connectivity index (χ1) is 9.40. The lowest BCUT2D eigenvalue weighted by molar-refractivity contribution is -0.155. The van der Waals surface area contributed by atoms with Crippen molar-refractivity contribution in [2.24, 2.45) is 16.7 Å². The zero-order valence-electron chi connectivity index (χ0n) is 12.6. The van der Waals surface area contributed by atoms with Gasteiger partial charge in [0, 0.05) is 6.61 Å². The molecular formula is C17H24O3. The summed E-state index contributed by atoms with van der Waals surface area (Å²) in [6, 6.07) is 9.71. The van der Waals surface area contributed by atoms with Gasteiger partial charge in [-0.15, -0.1) is 0 Å². The van der Waals surface area contributed by atoms with Crippen LogP contribution in [0.2, 0.25) is 0 Å². The quantitative estimate of drug-likeness (QED) is 0.859. The van der Waals surface area contributed by atoms with Gasteiger partial charge in [-0.3, -0.25) is 4.79 Å². The van der Waals surface area contributed by atoms with Crippen molar-refractivity contribution in [1.29, 1.82) is 0 Å². The van der Waals surface area contributed by atoms with Crippen LogP contribution in [0.4, 0.5) is 0 Å². The summed E-state index contributed by atoms with van der Waals surface area (Å²) in [5, 5.41) is 9.62. The Hall–Kier alpha value is -1.35. The Morgan fingerprint density at radius 3 is 2.50 bits per heavy atom. The van der Waals surface area contributed by atoms with Crippen molar-refractivity contribution in [1.82, 2.24) is 0 Å². The number of rotatable bonds is 4. The fourth-order valence-electron chi connectivity index (χ4n) is 3.09. The number of benzene rings is 1. The predicted molar refractivity (Wildman–Crippen MR) is 77.9 cm³/mol. The standard InChI is InChI=1S/C17H24O3/c1-16(2)14(9-10-17(16,3)12-18)15(19)20-11-13-7-5-4-6-8-13/h4-8,14,18H,9-12H2,1-3H3/t14-,17+/m1/s1. The van der Waals surface area contributed by atoms with E-state index in [1.807, 2.05) is 30.3 Å². The first-order valence-corrected chi connectivity index (χ1v) is 7.22. The average molecular weight is 276 g/mol. The van der Waals surface area contributed by atoms with Crippen LogP contribution in [0.25, 0.3) is 0 Å². The molecule has 20 heavy (non-hydrogen) atoms. The van der Waals surface area contributed by atoms with E-state index in [1.165, 1.54) is 0 Å². The average Bonchev–Trinajstić information content (AvgIpc) is 2.69. The summed E-state index contributed by atoms with van der Waals surface area (Å²) < 4.78 is 5.46. The second kappa shape index (κ2) is 5.57. The Morgan fingerprint density at radius 2 is 1.95 bits per heavy atom. The molecule has 2 atom stereocenters. The third-order valence-corrected chi connectivity index (χ3v) is 5.27. The summed E-state index contributed by atoms with van der Waals surface area (Å²) >= 11 is 0. The van der Waals surface area contributed by atoms with Crippen LogP contribution in [-0.4, -0.2) is 17.7 Å². The van der Waals surface area contributed by atoms with E-state index in [1.54, 1.807) is 0 Å².